The van der Waals surface area contributed by atoms with E-state index in [1.807, 2.05) is 23.6 Å². The number of nitrogens with zero attached hydrogens (tertiary/aromatic N) is 2. The van der Waals surface area contributed by atoms with Gasteiger partial charge in [-0.3, -0.25) is 4.79 Å². The standard InChI is InChI=1S/C30H26ClF5N4O/c1-5-9-40-16(4)39(6-2)28-24(40)14-23(37-15(3)17-10-18(30(34,35)36)12-20(33)11-17)25-26(28)29(41)38-27(25)21-13-19(32)7-8-22(21)31/h7-8,10-14,27,37H,3-6,9H2,1-2H3,(H,38,41). The van der Waals surface area contributed by atoms with E-state index in [2.05, 4.69) is 23.8 Å². The third-order valence-electron chi connectivity index (χ3n) is 7.19. The highest BCUT2D eigenvalue weighted by Gasteiger charge is 2.42. The van der Waals surface area contributed by atoms with Gasteiger partial charge in [0, 0.05) is 46.2 Å². The number of benzene rings is 3. The molecule has 0 radical (unpaired) electrons. The van der Waals surface area contributed by atoms with Crippen LogP contribution in [0.3, 0.4) is 0 Å². The van der Waals surface area contributed by atoms with Gasteiger partial charge >= 0.3 is 6.18 Å². The van der Waals surface area contributed by atoms with Crippen molar-refractivity contribution in [2.45, 2.75) is 32.5 Å². The van der Waals surface area contributed by atoms with E-state index in [0.717, 1.165) is 18.6 Å². The van der Waals surface area contributed by atoms with E-state index in [9.17, 15) is 26.7 Å². The van der Waals surface area contributed by atoms with E-state index in [4.69, 9.17) is 11.6 Å². The molecule has 3 aromatic carbocycles. The number of alkyl halides is 3. The fourth-order valence-electron chi connectivity index (χ4n) is 5.42. The molecule has 0 fully saturated rings. The number of amides is 1. The molecule has 2 aliphatic heterocycles. The fraction of sp³-hybridized carbons (Fsp3) is 0.233. The maximum absolute atomic E-state index is 14.3. The Morgan fingerprint density at radius 2 is 1.80 bits per heavy atom. The monoisotopic (exact) mass is 588 g/mol. The van der Waals surface area contributed by atoms with Crippen molar-refractivity contribution in [2.75, 3.05) is 28.2 Å². The van der Waals surface area contributed by atoms with E-state index in [0.29, 0.717) is 58.7 Å². The Kier molecular flexibility index (Phi) is 7.23. The fourth-order valence-corrected chi connectivity index (χ4v) is 5.65. The van der Waals surface area contributed by atoms with Crippen molar-refractivity contribution < 1.29 is 26.7 Å². The summed E-state index contributed by atoms with van der Waals surface area (Å²) in [5.74, 6) is -1.43. The Labute approximate surface area is 238 Å². The van der Waals surface area contributed by atoms with Gasteiger partial charge in [-0.2, -0.15) is 13.2 Å². The zero-order valence-corrected chi connectivity index (χ0v) is 23.0. The summed E-state index contributed by atoms with van der Waals surface area (Å²) in [5.41, 5.74) is 1.24. The molecule has 41 heavy (non-hydrogen) atoms. The summed E-state index contributed by atoms with van der Waals surface area (Å²) in [6.45, 7) is 13.1. The second kappa shape index (κ2) is 10.4. The lowest BCUT2D eigenvalue weighted by molar-refractivity contribution is -0.137. The van der Waals surface area contributed by atoms with Gasteiger partial charge in [0.15, 0.2) is 0 Å². The van der Waals surface area contributed by atoms with Crippen LogP contribution < -0.4 is 20.4 Å². The van der Waals surface area contributed by atoms with Gasteiger partial charge in [0.25, 0.3) is 5.91 Å². The lowest BCUT2D eigenvalue weighted by Crippen LogP contribution is -2.28. The average Bonchev–Trinajstić information content (AvgIpc) is 3.38. The molecule has 0 saturated carbocycles. The van der Waals surface area contributed by atoms with Gasteiger partial charge in [0.1, 0.15) is 17.5 Å². The maximum Gasteiger partial charge on any atom is 0.416 e. The quantitative estimate of drug-likeness (QED) is 0.274. The zero-order chi connectivity index (χ0) is 29.8. The molecule has 5 nitrogen and oxygen atoms in total. The number of carbonyl (C=O) groups excluding carboxylic acids is 1. The highest BCUT2D eigenvalue weighted by molar-refractivity contribution is 6.31. The Balaban J connectivity index is 1.72. The predicted molar refractivity (Wildman–Crippen MR) is 151 cm³/mol. The summed E-state index contributed by atoms with van der Waals surface area (Å²) in [5, 5.41) is 6.12. The summed E-state index contributed by atoms with van der Waals surface area (Å²) in [6, 6.07) is 6.78. The Morgan fingerprint density at radius 1 is 1.07 bits per heavy atom. The molecule has 0 bridgehead atoms. The minimum absolute atomic E-state index is 0.0354. The molecule has 2 heterocycles. The highest BCUT2D eigenvalue weighted by Crippen LogP contribution is 2.52. The summed E-state index contributed by atoms with van der Waals surface area (Å²) in [7, 11) is 0. The van der Waals surface area contributed by atoms with Crippen LogP contribution in [0, 0.1) is 11.6 Å². The number of halogens is 6. The normalized spacial score (nSPS) is 16.1. The molecule has 0 aliphatic carbocycles. The van der Waals surface area contributed by atoms with Crippen molar-refractivity contribution in [2.24, 2.45) is 0 Å². The van der Waals surface area contributed by atoms with Crippen molar-refractivity contribution in [1.29, 1.82) is 0 Å². The molecule has 0 saturated heterocycles. The van der Waals surface area contributed by atoms with Gasteiger partial charge in [-0.25, -0.2) is 8.78 Å². The van der Waals surface area contributed by atoms with Crippen molar-refractivity contribution in [1.82, 2.24) is 5.32 Å². The van der Waals surface area contributed by atoms with Crippen LogP contribution in [0.1, 0.15) is 58.9 Å². The summed E-state index contributed by atoms with van der Waals surface area (Å²) >= 11 is 6.45. The number of hydrogen-bond donors (Lipinski definition) is 2. The number of rotatable bonds is 7. The summed E-state index contributed by atoms with van der Waals surface area (Å²) in [4.78, 5) is 17.5. The van der Waals surface area contributed by atoms with Crippen LogP contribution in [0.5, 0.6) is 0 Å². The van der Waals surface area contributed by atoms with E-state index in [1.54, 1.807) is 6.07 Å². The van der Waals surface area contributed by atoms with Gasteiger partial charge in [0.05, 0.1) is 28.5 Å². The molecule has 1 amide bonds. The van der Waals surface area contributed by atoms with Gasteiger partial charge < -0.3 is 20.4 Å². The lowest BCUT2D eigenvalue weighted by atomic mass is 9.93. The molecule has 5 rings (SSSR count). The smallest absolute Gasteiger partial charge is 0.355 e. The van der Waals surface area contributed by atoms with Gasteiger partial charge in [-0.15, -0.1) is 0 Å². The Hall–Kier alpha value is -4.05. The number of carbonyl (C=O) groups is 1. The minimum atomic E-state index is -4.77. The first-order valence-corrected chi connectivity index (χ1v) is 13.3. The summed E-state index contributed by atoms with van der Waals surface area (Å²) in [6.07, 6.45) is -4.01. The maximum atomic E-state index is 14.3. The van der Waals surface area contributed by atoms with Crippen LogP contribution in [0.15, 0.2) is 61.4 Å². The molecule has 0 spiro atoms. The minimum Gasteiger partial charge on any atom is -0.355 e. The van der Waals surface area contributed by atoms with Gasteiger partial charge in [0.2, 0.25) is 0 Å². The second-order valence-electron chi connectivity index (χ2n) is 9.79. The van der Waals surface area contributed by atoms with Gasteiger partial charge in [-0.1, -0.05) is 31.7 Å². The number of nitrogens with one attached hydrogen (secondary N) is 2. The largest absolute Gasteiger partial charge is 0.416 e. The zero-order valence-electron chi connectivity index (χ0n) is 22.2. The molecule has 3 aromatic rings. The second-order valence-corrected chi connectivity index (χ2v) is 10.2. The van der Waals surface area contributed by atoms with E-state index in [-0.39, 0.29) is 16.3 Å². The highest BCUT2D eigenvalue weighted by atomic mass is 35.5. The van der Waals surface area contributed by atoms with Crippen molar-refractivity contribution in [3.63, 3.8) is 0 Å². The molecule has 2 N–H and O–H groups in total. The first-order chi connectivity index (χ1) is 19.3. The topological polar surface area (TPSA) is 47.6 Å². The number of anilines is 3. The molecule has 2 aliphatic rings. The van der Waals surface area contributed by atoms with Crippen LogP contribution in [-0.2, 0) is 6.18 Å². The summed E-state index contributed by atoms with van der Waals surface area (Å²) < 4.78 is 68.8. The van der Waals surface area contributed by atoms with Crippen LogP contribution in [0.25, 0.3) is 5.70 Å². The van der Waals surface area contributed by atoms with Crippen LogP contribution >= 0.6 is 11.6 Å². The predicted octanol–water partition coefficient (Wildman–Crippen LogP) is 8.08. The first kappa shape index (κ1) is 28.5. The van der Waals surface area contributed by atoms with Crippen LogP contribution in [0.2, 0.25) is 5.02 Å². The SMILES string of the molecule is C=C(Nc1cc2c(c3c1C(c1cc(F)ccc1Cl)NC3=O)N(CC)C(=C)N2CCC)c1cc(F)cc(C(F)(F)F)c1. The number of fused-ring (bicyclic) bond motifs is 3. The lowest BCUT2D eigenvalue weighted by Gasteiger charge is -2.23. The van der Waals surface area contributed by atoms with Crippen LogP contribution in [0.4, 0.5) is 39.0 Å². The Morgan fingerprint density at radius 3 is 2.46 bits per heavy atom. The molecule has 1 unspecified atom stereocenters. The van der Waals surface area contributed by atoms with E-state index >= 15 is 0 Å². The third kappa shape index (κ3) is 4.90. The molecular formula is C30H26ClF5N4O. The van der Waals surface area contributed by atoms with Crippen molar-refractivity contribution in [3.05, 3.63) is 106 Å². The molecule has 1 atom stereocenters. The van der Waals surface area contributed by atoms with Crippen LogP contribution in [-0.4, -0.2) is 19.0 Å². The Bertz CT molecular complexity index is 1600. The number of hydrogen-bond acceptors (Lipinski definition) is 4. The van der Waals surface area contributed by atoms with Crippen molar-refractivity contribution >= 4 is 40.3 Å². The first-order valence-electron chi connectivity index (χ1n) is 12.9. The third-order valence-corrected chi connectivity index (χ3v) is 7.53. The molecule has 0 aromatic heterocycles. The van der Waals surface area contributed by atoms with Gasteiger partial charge in [-0.05, 0) is 55.8 Å². The molecule has 214 valence electrons. The average molecular weight is 589 g/mol. The van der Waals surface area contributed by atoms with E-state index in [1.165, 1.54) is 18.2 Å². The molecule has 11 heteroatoms. The molecular weight excluding hydrogens is 563 g/mol. The van der Waals surface area contributed by atoms with Crippen molar-refractivity contribution in [3.8, 4) is 0 Å². The van der Waals surface area contributed by atoms with E-state index < -0.39 is 35.3 Å².